The van der Waals surface area contributed by atoms with Crippen LogP contribution in [-0.2, 0) is 23.0 Å². The molecule has 0 aliphatic carbocycles. The maximum atomic E-state index is 12.8. The monoisotopic (exact) mass is 431 g/mol. The molecule has 158 valence electrons. The summed E-state index contributed by atoms with van der Waals surface area (Å²) in [5, 5.41) is 4.09. The van der Waals surface area contributed by atoms with Crippen molar-refractivity contribution in [1.29, 1.82) is 0 Å². The van der Waals surface area contributed by atoms with Crippen LogP contribution in [0.1, 0.15) is 28.7 Å². The summed E-state index contributed by atoms with van der Waals surface area (Å²) < 4.78 is 39.6. The smallest absolute Gasteiger partial charge is 0.302 e. The molecular weight excluding hydrogens is 410 g/mol. The van der Waals surface area contributed by atoms with Crippen molar-refractivity contribution >= 4 is 15.9 Å². The summed E-state index contributed by atoms with van der Waals surface area (Å²) in [6.45, 7) is 2.22. The Balaban J connectivity index is 1.86. The lowest BCUT2D eigenvalue weighted by atomic mass is 10.2. The number of methoxy groups -OCH3 is 2. The number of ether oxygens (including phenoxy) is 2. The van der Waals surface area contributed by atoms with E-state index in [1.165, 1.54) is 26.5 Å². The number of aryl methyl sites for hydroxylation is 1. The van der Waals surface area contributed by atoms with Crippen LogP contribution < -0.4 is 14.2 Å². The Labute approximate surface area is 173 Å². The number of rotatable bonds is 8. The van der Waals surface area contributed by atoms with Crippen molar-refractivity contribution < 1.29 is 22.7 Å². The van der Waals surface area contributed by atoms with E-state index >= 15 is 0 Å². The number of hydrogen-bond acceptors (Lipinski definition) is 8. The van der Waals surface area contributed by atoms with E-state index in [9.17, 15) is 13.2 Å². The third-order valence-corrected chi connectivity index (χ3v) is 5.62. The number of nitrogens with one attached hydrogen (secondary N) is 1. The largest absolute Gasteiger partial charge is 0.495 e. The molecule has 0 spiro atoms. The molecule has 0 bridgehead atoms. The average Bonchev–Trinajstić information content (AvgIpc) is 3.26. The van der Waals surface area contributed by atoms with Crippen LogP contribution in [-0.4, -0.2) is 48.3 Å². The Bertz CT molecular complexity index is 1150. The van der Waals surface area contributed by atoms with E-state index in [2.05, 4.69) is 15.1 Å². The second kappa shape index (κ2) is 8.91. The first kappa shape index (κ1) is 21.2. The van der Waals surface area contributed by atoms with Gasteiger partial charge in [0.25, 0.3) is 10.0 Å². The van der Waals surface area contributed by atoms with Gasteiger partial charge in [0.15, 0.2) is 0 Å². The van der Waals surface area contributed by atoms with Crippen molar-refractivity contribution in [1.82, 2.24) is 24.5 Å². The fraction of sp³-hybridized carbons (Fsp3) is 0.263. The SMILES string of the molecule is CCc1ccc(OC)c(S(=O)(=O)NC(=O)c2ncc(Cn3cccn3)c(OC)n2)c1. The molecule has 0 aliphatic rings. The number of sulfonamides is 1. The third-order valence-electron chi connectivity index (χ3n) is 4.27. The van der Waals surface area contributed by atoms with Crippen molar-refractivity contribution in [2.75, 3.05) is 14.2 Å². The second-order valence-corrected chi connectivity index (χ2v) is 7.86. The molecule has 10 nitrogen and oxygen atoms in total. The Hall–Kier alpha value is -3.47. The van der Waals surface area contributed by atoms with Gasteiger partial charge in [-0.25, -0.2) is 18.1 Å². The summed E-state index contributed by atoms with van der Waals surface area (Å²) in [6, 6.07) is 6.53. The minimum Gasteiger partial charge on any atom is -0.495 e. The summed E-state index contributed by atoms with van der Waals surface area (Å²) >= 11 is 0. The topological polar surface area (TPSA) is 125 Å². The third kappa shape index (κ3) is 4.57. The van der Waals surface area contributed by atoms with Gasteiger partial charge in [-0.05, 0) is 30.2 Å². The number of hydrogen-bond donors (Lipinski definition) is 1. The highest BCUT2D eigenvalue weighted by Crippen LogP contribution is 2.25. The molecule has 0 unspecified atom stereocenters. The summed E-state index contributed by atoms with van der Waals surface area (Å²) in [6.07, 6.45) is 5.40. The predicted molar refractivity (Wildman–Crippen MR) is 107 cm³/mol. The van der Waals surface area contributed by atoms with Crippen molar-refractivity contribution in [2.24, 2.45) is 0 Å². The highest BCUT2D eigenvalue weighted by atomic mass is 32.2. The number of carbonyl (C=O) groups is 1. The summed E-state index contributed by atoms with van der Waals surface area (Å²) in [5.74, 6) is -1.05. The van der Waals surface area contributed by atoms with Gasteiger partial charge in [0, 0.05) is 18.6 Å². The summed E-state index contributed by atoms with van der Waals surface area (Å²) in [7, 11) is -1.46. The van der Waals surface area contributed by atoms with Crippen molar-refractivity contribution in [3.05, 3.63) is 59.8 Å². The maximum absolute atomic E-state index is 12.8. The van der Waals surface area contributed by atoms with E-state index in [0.717, 1.165) is 5.56 Å². The number of nitrogens with zero attached hydrogens (tertiary/aromatic N) is 4. The lowest BCUT2D eigenvalue weighted by Gasteiger charge is -2.12. The van der Waals surface area contributed by atoms with Gasteiger partial charge >= 0.3 is 5.91 Å². The molecular formula is C19H21N5O5S. The van der Waals surface area contributed by atoms with Crippen molar-refractivity contribution in [3.8, 4) is 11.6 Å². The molecule has 1 N–H and O–H groups in total. The molecule has 3 rings (SSSR count). The van der Waals surface area contributed by atoms with Crippen LogP contribution in [0.3, 0.4) is 0 Å². The Morgan fingerprint density at radius 2 is 2.03 bits per heavy atom. The van der Waals surface area contributed by atoms with Gasteiger partial charge < -0.3 is 9.47 Å². The van der Waals surface area contributed by atoms with E-state index in [-0.39, 0.29) is 22.3 Å². The highest BCUT2D eigenvalue weighted by molar-refractivity contribution is 7.90. The number of aromatic nitrogens is 4. The maximum Gasteiger partial charge on any atom is 0.302 e. The van der Waals surface area contributed by atoms with Gasteiger partial charge in [-0.3, -0.25) is 9.48 Å². The van der Waals surface area contributed by atoms with Gasteiger partial charge in [-0.2, -0.15) is 10.1 Å². The van der Waals surface area contributed by atoms with Crippen LogP contribution in [0.15, 0.2) is 47.8 Å². The molecule has 0 saturated carbocycles. The molecule has 0 aliphatic heterocycles. The normalized spacial score (nSPS) is 11.2. The van der Waals surface area contributed by atoms with Crippen LogP contribution in [0, 0.1) is 0 Å². The van der Waals surface area contributed by atoms with Gasteiger partial charge in [0.1, 0.15) is 10.6 Å². The fourth-order valence-corrected chi connectivity index (χ4v) is 3.90. The van der Waals surface area contributed by atoms with Crippen LogP contribution in [0.2, 0.25) is 0 Å². The second-order valence-electron chi connectivity index (χ2n) is 6.21. The van der Waals surface area contributed by atoms with E-state index in [1.807, 2.05) is 11.6 Å². The van der Waals surface area contributed by atoms with Crippen molar-refractivity contribution in [2.45, 2.75) is 24.8 Å². The molecule has 3 aromatic rings. The molecule has 1 amide bonds. The molecule has 11 heteroatoms. The first-order chi connectivity index (χ1) is 14.4. The number of carbonyl (C=O) groups excluding carboxylic acids is 1. The molecule has 2 heterocycles. The lowest BCUT2D eigenvalue weighted by Crippen LogP contribution is -2.32. The van der Waals surface area contributed by atoms with Crippen LogP contribution >= 0.6 is 0 Å². The zero-order chi connectivity index (χ0) is 21.7. The first-order valence-electron chi connectivity index (χ1n) is 8.99. The highest BCUT2D eigenvalue weighted by Gasteiger charge is 2.25. The Morgan fingerprint density at radius 1 is 1.23 bits per heavy atom. The van der Waals surface area contributed by atoms with Crippen LogP contribution in [0.25, 0.3) is 0 Å². The molecule has 0 atom stereocenters. The minimum absolute atomic E-state index is 0.126. The van der Waals surface area contributed by atoms with Gasteiger partial charge in [-0.1, -0.05) is 13.0 Å². The molecule has 2 aromatic heterocycles. The zero-order valence-corrected chi connectivity index (χ0v) is 17.5. The quantitative estimate of drug-likeness (QED) is 0.568. The molecule has 0 radical (unpaired) electrons. The number of amides is 1. The molecule has 30 heavy (non-hydrogen) atoms. The predicted octanol–water partition coefficient (Wildman–Crippen LogP) is 1.42. The van der Waals surface area contributed by atoms with E-state index < -0.39 is 15.9 Å². The standard InChI is InChI=1S/C19H21N5O5S/c1-4-13-6-7-15(28-2)16(10-13)30(26,27)23-18(25)17-20-11-14(19(22-17)29-3)12-24-9-5-8-21-24/h5-11H,4,12H2,1-3H3,(H,23,25). The van der Waals surface area contributed by atoms with E-state index in [4.69, 9.17) is 9.47 Å². The molecule has 0 saturated heterocycles. The average molecular weight is 431 g/mol. The first-order valence-corrected chi connectivity index (χ1v) is 10.5. The van der Waals surface area contributed by atoms with E-state index in [1.54, 1.807) is 35.3 Å². The van der Waals surface area contributed by atoms with Gasteiger partial charge in [0.2, 0.25) is 11.7 Å². The summed E-state index contributed by atoms with van der Waals surface area (Å²) in [4.78, 5) is 20.4. The van der Waals surface area contributed by atoms with E-state index in [0.29, 0.717) is 18.5 Å². The summed E-state index contributed by atoms with van der Waals surface area (Å²) in [5.41, 5.74) is 1.36. The Morgan fingerprint density at radius 3 is 2.67 bits per heavy atom. The molecule has 0 fully saturated rings. The minimum atomic E-state index is -4.21. The van der Waals surface area contributed by atoms with Gasteiger partial charge in [-0.15, -0.1) is 0 Å². The van der Waals surface area contributed by atoms with Gasteiger partial charge in [0.05, 0.1) is 26.3 Å². The zero-order valence-electron chi connectivity index (χ0n) is 16.7. The number of benzene rings is 1. The van der Waals surface area contributed by atoms with Crippen LogP contribution in [0.5, 0.6) is 11.6 Å². The fourth-order valence-electron chi connectivity index (χ4n) is 2.73. The lowest BCUT2D eigenvalue weighted by molar-refractivity contribution is 0.0970. The van der Waals surface area contributed by atoms with Crippen LogP contribution in [0.4, 0.5) is 0 Å². The molecule has 1 aromatic carbocycles. The Kier molecular flexibility index (Phi) is 6.31. The van der Waals surface area contributed by atoms with Crippen molar-refractivity contribution in [3.63, 3.8) is 0 Å².